The first kappa shape index (κ1) is 23.9. The molecule has 3 aromatic rings. The average molecular weight is 448 g/mol. The summed E-state index contributed by atoms with van der Waals surface area (Å²) in [4.78, 5) is 0. The highest BCUT2D eigenvalue weighted by Gasteiger charge is 2.07. The lowest BCUT2D eigenvalue weighted by Gasteiger charge is -2.13. The van der Waals surface area contributed by atoms with Crippen molar-refractivity contribution in [3.8, 4) is 17.2 Å². The molecule has 3 aromatic carbocycles. The first-order valence-electron chi connectivity index (χ1n) is 9.56. The van der Waals surface area contributed by atoms with Gasteiger partial charge >= 0.3 is 0 Å². The Kier molecular flexibility index (Phi) is 9.81. The van der Waals surface area contributed by atoms with Gasteiger partial charge in [0.2, 0.25) is 0 Å². The van der Waals surface area contributed by atoms with E-state index in [0.717, 1.165) is 47.9 Å². The van der Waals surface area contributed by atoms with E-state index in [9.17, 15) is 0 Å². The van der Waals surface area contributed by atoms with E-state index < -0.39 is 0 Å². The highest BCUT2D eigenvalue weighted by atomic mass is 35.5. The predicted octanol–water partition coefficient (Wildman–Crippen LogP) is 5.69. The molecular formula is C24H27Cl2NO3. The summed E-state index contributed by atoms with van der Waals surface area (Å²) in [6, 6.07) is 21.8. The molecule has 0 aromatic heterocycles. The van der Waals surface area contributed by atoms with Gasteiger partial charge in [-0.25, -0.2) is 0 Å². The quantitative estimate of drug-likeness (QED) is 0.405. The van der Waals surface area contributed by atoms with E-state index in [1.54, 1.807) is 14.2 Å². The molecule has 0 unspecified atom stereocenters. The third-order valence-electron chi connectivity index (χ3n) is 4.59. The van der Waals surface area contributed by atoms with Crippen LogP contribution in [0.25, 0.3) is 0 Å². The van der Waals surface area contributed by atoms with Gasteiger partial charge < -0.3 is 19.5 Å². The summed E-state index contributed by atoms with van der Waals surface area (Å²) in [5.74, 6) is 2.32. The standard InChI is InChI=1S/C24H26ClNO3.ClH/c1-27-22-9-6-18(7-10-22)12-13-26-16-19-8-11-23(24(15-19)28-2)29-17-20-4-3-5-21(25)14-20;/h3-11,14-15,26H,12-13,16-17H2,1-2H3;1H. The molecule has 0 aliphatic carbocycles. The maximum atomic E-state index is 6.03. The number of methoxy groups -OCH3 is 2. The van der Waals surface area contributed by atoms with Crippen LogP contribution in [0.2, 0.25) is 5.02 Å². The zero-order chi connectivity index (χ0) is 20.5. The predicted molar refractivity (Wildman–Crippen MR) is 124 cm³/mol. The summed E-state index contributed by atoms with van der Waals surface area (Å²) in [6.45, 7) is 2.10. The first-order chi connectivity index (χ1) is 14.2. The van der Waals surface area contributed by atoms with Gasteiger partial charge in [0, 0.05) is 11.6 Å². The molecule has 3 rings (SSSR count). The second kappa shape index (κ2) is 12.3. The molecule has 6 heteroatoms. The van der Waals surface area contributed by atoms with Crippen molar-refractivity contribution in [2.75, 3.05) is 20.8 Å². The van der Waals surface area contributed by atoms with Crippen molar-refractivity contribution in [1.82, 2.24) is 5.32 Å². The van der Waals surface area contributed by atoms with Crippen LogP contribution in [0.5, 0.6) is 17.2 Å². The van der Waals surface area contributed by atoms with Gasteiger partial charge in [0.05, 0.1) is 14.2 Å². The van der Waals surface area contributed by atoms with E-state index in [2.05, 4.69) is 23.5 Å². The van der Waals surface area contributed by atoms with Crippen LogP contribution >= 0.6 is 24.0 Å². The molecule has 0 amide bonds. The van der Waals surface area contributed by atoms with Gasteiger partial charge in [0.25, 0.3) is 0 Å². The number of rotatable bonds is 10. The van der Waals surface area contributed by atoms with Crippen molar-refractivity contribution in [3.05, 3.63) is 88.4 Å². The Bertz CT molecular complexity index is 917. The van der Waals surface area contributed by atoms with Crippen LogP contribution in [0.15, 0.2) is 66.7 Å². The van der Waals surface area contributed by atoms with E-state index in [1.165, 1.54) is 5.56 Å². The minimum atomic E-state index is 0. The Hall–Kier alpha value is -2.40. The smallest absolute Gasteiger partial charge is 0.161 e. The fourth-order valence-corrected chi connectivity index (χ4v) is 3.20. The molecule has 4 nitrogen and oxygen atoms in total. The SMILES string of the molecule is COc1ccc(CCNCc2ccc(OCc3cccc(Cl)c3)c(OC)c2)cc1.Cl. The van der Waals surface area contributed by atoms with Crippen molar-refractivity contribution in [2.24, 2.45) is 0 Å². The van der Waals surface area contributed by atoms with Crippen molar-refractivity contribution in [3.63, 3.8) is 0 Å². The molecule has 0 fully saturated rings. The van der Waals surface area contributed by atoms with E-state index in [0.29, 0.717) is 11.6 Å². The lowest BCUT2D eigenvalue weighted by atomic mass is 10.1. The monoisotopic (exact) mass is 447 g/mol. The second-order valence-electron chi connectivity index (χ2n) is 6.68. The molecule has 160 valence electrons. The van der Waals surface area contributed by atoms with Crippen LogP contribution in [0.1, 0.15) is 16.7 Å². The number of halogens is 2. The van der Waals surface area contributed by atoms with E-state index in [4.69, 9.17) is 25.8 Å². The molecule has 0 bridgehead atoms. The third kappa shape index (κ3) is 7.13. The Labute approximate surface area is 189 Å². The van der Waals surface area contributed by atoms with Crippen LogP contribution < -0.4 is 19.5 Å². The maximum Gasteiger partial charge on any atom is 0.161 e. The van der Waals surface area contributed by atoms with Crippen LogP contribution in [0.3, 0.4) is 0 Å². The van der Waals surface area contributed by atoms with Gasteiger partial charge in [0.1, 0.15) is 12.4 Å². The fraction of sp³-hybridized carbons (Fsp3) is 0.250. The largest absolute Gasteiger partial charge is 0.497 e. The molecule has 0 aliphatic heterocycles. The van der Waals surface area contributed by atoms with E-state index in [1.807, 2.05) is 48.5 Å². The van der Waals surface area contributed by atoms with Gasteiger partial charge in [0.15, 0.2) is 11.5 Å². The number of nitrogens with one attached hydrogen (secondary N) is 1. The summed E-state index contributed by atoms with van der Waals surface area (Å²) in [6.07, 6.45) is 0.960. The van der Waals surface area contributed by atoms with Crippen molar-refractivity contribution >= 4 is 24.0 Å². The third-order valence-corrected chi connectivity index (χ3v) is 4.83. The Balaban J connectivity index is 0.00000320. The topological polar surface area (TPSA) is 39.7 Å². The first-order valence-corrected chi connectivity index (χ1v) is 9.93. The summed E-state index contributed by atoms with van der Waals surface area (Å²) in [5.41, 5.74) is 3.44. The van der Waals surface area contributed by atoms with Crippen LogP contribution in [0.4, 0.5) is 0 Å². The number of hydrogen-bond acceptors (Lipinski definition) is 4. The lowest BCUT2D eigenvalue weighted by molar-refractivity contribution is 0.284. The normalized spacial score (nSPS) is 10.2. The van der Waals surface area contributed by atoms with E-state index in [-0.39, 0.29) is 12.4 Å². The maximum absolute atomic E-state index is 6.03. The Morgan fingerprint density at radius 1 is 0.800 bits per heavy atom. The Morgan fingerprint density at radius 2 is 1.57 bits per heavy atom. The van der Waals surface area contributed by atoms with Crippen LogP contribution in [0, 0.1) is 0 Å². The average Bonchev–Trinajstić information content (AvgIpc) is 2.76. The van der Waals surface area contributed by atoms with Gasteiger partial charge in [-0.1, -0.05) is 41.9 Å². The summed E-state index contributed by atoms with van der Waals surface area (Å²) >= 11 is 6.03. The second-order valence-corrected chi connectivity index (χ2v) is 7.12. The Morgan fingerprint density at radius 3 is 2.27 bits per heavy atom. The van der Waals surface area contributed by atoms with Crippen LogP contribution in [-0.4, -0.2) is 20.8 Å². The zero-order valence-electron chi connectivity index (χ0n) is 17.2. The minimum Gasteiger partial charge on any atom is -0.497 e. The van der Waals surface area contributed by atoms with Crippen molar-refractivity contribution in [2.45, 2.75) is 19.6 Å². The summed E-state index contributed by atoms with van der Waals surface area (Å²) < 4.78 is 16.6. The summed E-state index contributed by atoms with van der Waals surface area (Å²) in [7, 11) is 3.33. The zero-order valence-corrected chi connectivity index (χ0v) is 18.8. The molecule has 0 atom stereocenters. The molecule has 0 saturated heterocycles. The lowest BCUT2D eigenvalue weighted by Crippen LogP contribution is -2.16. The minimum absolute atomic E-state index is 0. The van der Waals surface area contributed by atoms with Gasteiger partial charge in [-0.15, -0.1) is 12.4 Å². The molecule has 0 spiro atoms. The molecule has 0 saturated carbocycles. The van der Waals surface area contributed by atoms with Gasteiger partial charge in [-0.2, -0.15) is 0 Å². The van der Waals surface area contributed by atoms with E-state index >= 15 is 0 Å². The molecule has 0 heterocycles. The molecular weight excluding hydrogens is 421 g/mol. The molecule has 1 N–H and O–H groups in total. The van der Waals surface area contributed by atoms with Crippen LogP contribution in [-0.2, 0) is 19.6 Å². The molecule has 0 aliphatic rings. The van der Waals surface area contributed by atoms with Crippen molar-refractivity contribution in [1.29, 1.82) is 0 Å². The fourth-order valence-electron chi connectivity index (χ4n) is 2.99. The summed E-state index contributed by atoms with van der Waals surface area (Å²) in [5, 5.41) is 4.17. The van der Waals surface area contributed by atoms with Gasteiger partial charge in [-0.3, -0.25) is 0 Å². The highest BCUT2D eigenvalue weighted by Crippen LogP contribution is 2.29. The number of benzene rings is 3. The number of hydrogen-bond donors (Lipinski definition) is 1. The highest BCUT2D eigenvalue weighted by molar-refractivity contribution is 6.30. The van der Waals surface area contributed by atoms with Crippen molar-refractivity contribution < 1.29 is 14.2 Å². The molecule has 0 radical (unpaired) electrons. The number of ether oxygens (including phenoxy) is 3. The van der Waals surface area contributed by atoms with Gasteiger partial charge in [-0.05, 0) is 66.1 Å². The molecule has 30 heavy (non-hydrogen) atoms.